The molecule has 0 aliphatic heterocycles. The van der Waals surface area contributed by atoms with E-state index in [0.717, 1.165) is 24.0 Å². The van der Waals surface area contributed by atoms with Crippen molar-refractivity contribution in [3.63, 3.8) is 0 Å². The van der Waals surface area contributed by atoms with Crippen molar-refractivity contribution in [3.8, 4) is 17.0 Å². The van der Waals surface area contributed by atoms with Gasteiger partial charge in [0.15, 0.2) is 0 Å². The van der Waals surface area contributed by atoms with E-state index in [9.17, 15) is 9.59 Å². The molecule has 4 N–H and O–H groups in total. The molecule has 1 aliphatic carbocycles. The average Bonchev–Trinajstić information content (AvgIpc) is 3.68. The van der Waals surface area contributed by atoms with Crippen LogP contribution in [0.5, 0.6) is 5.88 Å². The van der Waals surface area contributed by atoms with Crippen molar-refractivity contribution in [2.75, 3.05) is 16.4 Å². The topological polar surface area (TPSA) is 119 Å². The van der Waals surface area contributed by atoms with Gasteiger partial charge in [0, 0.05) is 40.6 Å². The number of nitrogens with two attached hydrogens (primary N) is 1. The molecular weight excluding hydrogens is 442 g/mol. The summed E-state index contributed by atoms with van der Waals surface area (Å²) in [5.41, 5.74) is 10.6. The lowest BCUT2D eigenvalue weighted by Gasteiger charge is -2.14. The van der Waals surface area contributed by atoms with E-state index in [-0.39, 0.29) is 23.8 Å². The summed E-state index contributed by atoms with van der Waals surface area (Å²) in [5, 5.41) is 5.78. The predicted octanol–water partition coefficient (Wildman–Crippen LogP) is 4.90. The number of allylic oxidation sites excluding steroid dienone is 1. The summed E-state index contributed by atoms with van der Waals surface area (Å²) >= 11 is 0. The quantitative estimate of drug-likeness (QED) is 0.317. The number of ether oxygens (including phenoxy) is 1. The molecule has 180 valence electrons. The first-order chi connectivity index (χ1) is 16.8. The molecule has 2 heterocycles. The third-order valence-corrected chi connectivity index (χ3v) is 5.51. The van der Waals surface area contributed by atoms with Crippen molar-refractivity contribution in [1.29, 1.82) is 0 Å². The van der Waals surface area contributed by atoms with Crippen molar-refractivity contribution >= 4 is 34.4 Å². The van der Waals surface area contributed by atoms with Crippen LogP contribution in [0.15, 0.2) is 61.1 Å². The second kappa shape index (κ2) is 10.4. The summed E-state index contributed by atoms with van der Waals surface area (Å²) in [6, 6.07) is 10.8. The number of aromatic nitrogens is 2. The lowest BCUT2D eigenvalue weighted by Crippen LogP contribution is -2.15. The molecule has 8 heteroatoms. The number of rotatable bonds is 8. The minimum atomic E-state index is -0.306. The maximum Gasteiger partial charge on any atom is 0.256 e. The molecule has 8 nitrogen and oxygen atoms in total. The molecule has 1 saturated carbocycles. The number of carbonyl (C=O) groups excluding carboxylic acids is 2. The van der Waals surface area contributed by atoms with Crippen LogP contribution in [0.25, 0.3) is 16.7 Å². The monoisotopic (exact) mass is 471 g/mol. The Kier molecular flexibility index (Phi) is 7.10. The zero-order valence-electron chi connectivity index (χ0n) is 20.0. The standard InChI is InChI=1S/C27H29N5O3/c1-4-22(27(34)31-20-8-10-25(30-15-20)35-16(2)3)23-12-18(7-9-24(23)28)19-11-21(14-29-13-19)32-26(33)17-5-6-17/h4,7-17H,5-6,28H2,1-3H3,(H,31,34)(H,32,33). The zero-order chi connectivity index (χ0) is 24.9. The van der Waals surface area contributed by atoms with Crippen LogP contribution in [0.1, 0.15) is 39.2 Å². The molecule has 4 rings (SSSR count). The highest BCUT2D eigenvalue weighted by Crippen LogP contribution is 2.32. The van der Waals surface area contributed by atoms with Gasteiger partial charge in [0.2, 0.25) is 11.8 Å². The Balaban J connectivity index is 1.54. The molecule has 1 fully saturated rings. The van der Waals surface area contributed by atoms with E-state index in [1.54, 1.807) is 49.8 Å². The van der Waals surface area contributed by atoms with E-state index in [1.165, 1.54) is 0 Å². The predicted molar refractivity (Wildman–Crippen MR) is 138 cm³/mol. The van der Waals surface area contributed by atoms with Crippen molar-refractivity contribution in [2.45, 2.75) is 39.7 Å². The molecule has 0 radical (unpaired) electrons. The van der Waals surface area contributed by atoms with Gasteiger partial charge < -0.3 is 21.1 Å². The second-order valence-corrected chi connectivity index (χ2v) is 8.74. The highest BCUT2D eigenvalue weighted by molar-refractivity contribution is 6.26. The van der Waals surface area contributed by atoms with Crippen LogP contribution in [-0.4, -0.2) is 27.9 Å². The number of hydrogen-bond donors (Lipinski definition) is 3. The summed E-state index contributed by atoms with van der Waals surface area (Å²) in [5.74, 6) is 0.310. The second-order valence-electron chi connectivity index (χ2n) is 8.74. The van der Waals surface area contributed by atoms with E-state index in [2.05, 4.69) is 20.6 Å². The molecule has 0 atom stereocenters. The third kappa shape index (κ3) is 6.03. The first-order valence-electron chi connectivity index (χ1n) is 11.6. The fourth-order valence-electron chi connectivity index (χ4n) is 3.60. The van der Waals surface area contributed by atoms with Crippen LogP contribution in [0, 0.1) is 5.92 Å². The average molecular weight is 472 g/mol. The number of carbonyl (C=O) groups is 2. The number of hydrogen-bond acceptors (Lipinski definition) is 6. The number of pyridine rings is 2. The highest BCUT2D eigenvalue weighted by atomic mass is 16.5. The summed E-state index contributed by atoms with van der Waals surface area (Å²) < 4.78 is 5.55. The van der Waals surface area contributed by atoms with Crippen LogP contribution in [0.3, 0.4) is 0 Å². The Morgan fingerprint density at radius 1 is 1.03 bits per heavy atom. The van der Waals surface area contributed by atoms with Crippen molar-refractivity contribution in [1.82, 2.24) is 9.97 Å². The Hall–Kier alpha value is -4.20. The molecule has 0 unspecified atom stereocenters. The fourth-order valence-corrected chi connectivity index (χ4v) is 3.60. The van der Waals surface area contributed by atoms with Crippen LogP contribution >= 0.6 is 0 Å². The molecule has 1 aromatic carbocycles. The van der Waals surface area contributed by atoms with Gasteiger partial charge in [-0.15, -0.1) is 0 Å². The number of nitrogen functional groups attached to an aromatic ring is 1. The minimum Gasteiger partial charge on any atom is -0.475 e. The van der Waals surface area contributed by atoms with Crippen LogP contribution in [0.4, 0.5) is 17.1 Å². The van der Waals surface area contributed by atoms with Gasteiger partial charge in [-0.1, -0.05) is 12.1 Å². The zero-order valence-corrected chi connectivity index (χ0v) is 20.0. The van der Waals surface area contributed by atoms with E-state index >= 15 is 0 Å². The molecule has 2 aromatic heterocycles. The molecule has 1 aliphatic rings. The Morgan fingerprint density at radius 2 is 1.83 bits per heavy atom. The van der Waals surface area contributed by atoms with Crippen molar-refractivity contribution < 1.29 is 14.3 Å². The molecule has 3 aromatic rings. The SMILES string of the molecule is CC=C(C(=O)Nc1ccc(OC(C)C)nc1)c1cc(-c2cncc(NC(=O)C3CC3)c2)ccc1N. The Morgan fingerprint density at radius 3 is 2.49 bits per heavy atom. The largest absolute Gasteiger partial charge is 0.475 e. The maximum atomic E-state index is 13.1. The van der Waals surface area contributed by atoms with Crippen molar-refractivity contribution in [2.24, 2.45) is 5.92 Å². The van der Waals surface area contributed by atoms with Crippen molar-refractivity contribution in [3.05, 3.63) is 66.6 Å². The van der Waals surface area contributed by atoms with Crippen LogP contribution in [0.2, 0.25) is 0 Å². The summed E-state index contributed by atoms with van der Waals surface area (Å²) in [7, 11) is 0. The van der Waals surface area contributed by atoms with Gasteiger partial charge >= 0.3 is 0 Å². The molecule has 0 bridgehead atoms. The summed E-state index contributed by atoms with van der Waals surface area (Å²) in [4.78, 5) is 33.7. The number of amides is 2. The maximum absolute atomic E-state index is 13.1. The lowest BCUT2D eigenvalue weighted by atomic mass is 9.97. The Bertz CT molecular complexity index is 1260. The highest BCUT2D eigenvalue weighted by Gasteiger charge is 2.29. The molecule has 0 spiro atoms. The van der Waals surface area contributed by atoms with Gasteiger partial charge in [0.25, 0.3) is 5.91 Å². The summed E-state index contributed by atoms with van der Waals surface area (Å²) in [6.07, 6.45) is 8.48. The van der Waals surface area contributed by atoms with Gasteiger partial charge in [-0.2, -0.15) is 0 Å². The van der Waals surface area contributed by atoms with Crippen LogP contribution < -0.4 is 21.1 Å². The lowest BCUT2D eigenvalue weighted by molar-refractivity contribution is -0.117. The van der Waals surface area contributed by atoms with E-state index in [1.807, 2.05) is 32.0 Å². The number of anilines is 3. The molecule has 35 heavy (non-hydrogen) atoms. The molecule has 0 saturated heterocycles. The van der Waals surface area contributed by atoms with Gasteiger partial charge in [-0.05, 0) is 63.4 Å². The van der Waals surface area contributed by atoms with Gasteiger partial charge in [-0.3, -0.25) is 14.6 Å². The van der Waals surface area contributed by atoms with Gasteiger partial charge in [-0.25, -0.2) is 4.98 Å². The van der Waals surface area contributed by atoms with Gasteiger partial charge in [0.1, 0.15) is 0 Å². The number of nitrogens with one attached hydrogen (secondary N) is 2. The first-order valence-corrected chi connectivity index (χ1v) is 11.6. The van der Waals surface area contributed by atoms with E-state index in [4.69, 9.17) is 10.5 Å². The van der Waals surface area contributed by atoms with Crippen LogP contribution in [-0.2, 0) is 9.59 Å². The van der Waals surface area contributed by atoms with Gasteiger partial charge in [0.05, 0.1) is 29.9 Å². The Labute approximate surface area is 204 Å². The third-order valence-electron chi connectivity index (χ3n) is 5.51. The molecular formula is C27H29N5O3. The number of benzene rings is 1. The first kappa shape index (κ1) is 23.9. The number of nitrogens with zero attached hydrogens (tertiary/aromatic N) is 2. The van der Waals surface area contributed by atoms with E-state index in [0.29, 0.717) is 34.1 Å². The summed E-state index contributed by atoms with van der Waals surface area (Å²) in [6.45, 7) is 5.63. The normalized spacial score (nSPS) is 13.4. The minimum absolute atomic E-state index is 0.0122. The molecule has 2 amide bonds. The smallest absolute Gasteiger partial charge is 0.256 e. The fraction of sp³-hybridized carbons (Fsp3) is 0.259. The van der Waals surface area contributed by atoms with E-state index < -0.39 is 0 Å².